The van der Waals surface area contributed by atoms with E-state index < -0.39 is 0 Å². The van der Waals surface area contributed by atoms with Gasteiger partial charge in [-0.05, 0) is 18.4 Å². The summed E-state index contributed by atoms with van der Waals surface area (Å²) in [6.45, 7) is 3.27. The molecule has 3 heteroatoms. The summed E-state index contributed by atoms with van der Waals surface area (Å²) in [5.41, 5.74) is 0. The normalized spacial score (nSPS) is 17.9. The molecule has 0 saturated carbocycles. The van der Waals surface area contributed by atoms with Gasteiger partial charge in [-0.3, -0.25) is 0 Å². The average molecular weight is 130 g/mol. The predicted molar refractivity (Wildman–Crippen MR) is 36.9 cm³/mol. The van der Waals surface area contributed by atoms with Crippen LogP contribution in [0.1, 0.15) is 13.3 Å². The molecule has 1 heterocycles. The number of rotatable bonds is 2. The molecule has 0 fully saturated rings. The Morgan fingerprint density at radius 1 is 1.75 bits per heavy atom. The van der Waals surface area contributed by atoms with Crippen LogP contribution in [0, 0.1) is 0 Å². The van der Waals surface area contributed by atoms with Crippen LogP contribution >= 0.6 is 11.9 Å². The Hall–Kier alpha value is -0.150. The summed E-state index contributed by atoms with van der Waals surface area (Å²) in [6.07, 6.45) is 3.24. The van der Waals surface area contributed by atoms with Gasteiger partial charge in [-0.25, -0.2) is 0 Å². The first-order chi connectivity index (χ1) is 3.93. The van der Waals surface area contributed by atoms with E-state index in [1.165, 1.54) is 6.42 Å². The summed E-state index contributed by atoms with van der Waals surface area (Å²) in [7, 11) is 0. The van der Waals surface area contributed by atoms with Gasteiger partial charge in [0.05, 0.1) is 0 Å². The summed E-state index contributed by atoms with van der Waals surface area (Å²) in [5, 5.41) is 4.11. The van der Waals surface area contributed by atoms with Crippen LogP contribution in [0.4, 0.5) is 0 Å². The Bertz CT molecular complexity index is 92.4. The van der Waals surface area contributed by atoms with Crippen molar-refractivity contribution in [3.05, 3.63) is 11.6 Å². The first-order valence-corrected chi connectivity index (χ1v) is 3.66. The minimum absolute atomic E-state index is 1.10. The zero-order valence-electron chi connectivity index (χ0n) is 4.92. The molecule has 1 N–H and O–H groups in total. The lowest BCUT2D eigenvalue weighted by Gasteiger charge is -2.11. The van der Waals surface area contributed by atoms with E-state index in [1.807, 2.05) is 11.6 Å². The third kappa shape index (κ3) is 1.42. The Balaban J connectivity index is 2.16. The molecule has 0 amide bonds. The highest BCUT2D eigenvalue weighted by Crippen LogP contribution is 2.07. The van der Waals surface area contributed by atoms with E-state index in [9.17, 15) is 0 Å². The molecule has 1 aliphatic heterocycles. The molecule has 0 spiro atoms. The van der Waals surface area contributed by atoms with Crippen molar-refractivity contribution in [2.45, 2.75) is 13.3 Å². The topological polar surface area (TPSA) is 15.3 Å². The Labute approximate surface area is 54.0 Å². The van der Waals surface area contributed by atoms with Crippen LogP contribution < -0.4 is 4.83 Å². The van der Waals surface area contributed by atoms with E-state index in [-0.39, 0.29) is 0 Å². The molecular formula is C5H10N2S. The van der Waals surface area contributed by atoms with Gasteiger partial charge in [0.15, 0.2) is 0 Å². The van der Waals surface area contributed by atoms with E-state index in [1.54, 1.807) is 11.9 Å². The second kappa shape index (κ2) is 2.99. The highest BCUT2D eigenvalue weighted by Gasteiger charge is 1.99. The molecule has 0 aliphatic carbocycles. The van der Waals surface area contributed by atoms with Crippen molar-refractivity contribution in [2.75, 3.05) is 6.54 Å². The quantitative estimate of drug-likeness (QED) is 0.568. The van der Waals surface area contributed by atoms with Gasteiger partial charge in [-0.15, -0.1) is 0 Å². The zero-order chi connectivity index (χ0) is 5.82. The summed E-state index contributed by atoms with van der Waals surface area (Å²) in [5.74, 6) is 0. The minimum Gasteiger partial charge on any atom is -0.305 e. The monoisotopic (exact) mass is 130 g/mol. The van der Waals surface area contributed by atoms with Crippen molar-refractivity contribution in [3.8, 4) is 0 Å². The maximum atomic E-state index is 3.10. The first kappa shape index (κ1) is 5.98. The molecule has 0 aromatic rings. The third-order valence-corrected chi connectivity index (χ3v) is 1.54. The van der Waals surface area contributed by atoms with Crippen molar-refractivity contribution in [2.24, 2.45) is 0 Å². The van der Waals surface area contributed by atoms with Crippen molar-refractivity contribution in [1.82, 2.24) is 9.84 Å². The fraction of sp³-hybridized carbons (Fsp3) is 0.600. The maximum Gasteiger partial charge on any atom is 0.0344 e. The molecule has 0 atom stereocenters. The molecule has 0 aromatic heterocycles. The summed E-state index contributed by atoms with van der Waals surface area (Å²) in [4.78, 5) is 3.10. The Morgan fingerprint density at radius 3 is 3.12 bits per heavy atom. The van der Waals surface area contributed by atoms with Gasteiger partial charge in [0.25, 0.3) is 0 Å². The van der Waals surface area contributed by atoms with Gasteiger partial charge >= 0.3 is 0 Å². The fourth-order valence-corrected chi connectivity index (χ4v) is 1.15. The average Bonchev–Trinajstić information content (AvgIpc) is 2.19. The van der Waals surface area contributed by atoms with Crippen molar-refractivity contribution >= 4 is 11.9 Å². The minimum atomic E-state index is 1.10. The van der Waals surface area contributed by atoms with Crippen molar-refractivity contribution in [3.63, 3.8) is 0 Å². The third-order valence-electron chi connectivity index (χ3n) is 0.943. The van der Waals surface area contributed by atoms with Gasteiger partial charge < -0.3 is 5.01 Å². The lowest BCUT2D eigenvalue weighted by atomic mass is 10.5. The van der Waals surface area contributed by atoms with Crippen LogP contribution in [-0.2, 0) is 0 Å². The molecule has 0 aromatic carbocycles. The molecular weight excluding hydrogens is 120 g/mol. The van der Waals surface area contributed by atoms with Crippen LogP contribution in [0.2, 0.25) is 0 Å². The second-order valence-electron chi connectivity index (χ2n) is 1.69. The summed E-state index contributed by atoms with van der Waals surface area (Å²) in [6, 6.07) is 0. The van der Waals surface area contributed by atoms with Crippen molar-refractivity contribution < 1.29 is 0 Å². The molecule has 0 saturated heterocycles. The van der Waals surface area contributed by atoms with Crippen molar-refractivity contribution in [1.29, 1.82) is 0 Å². The van der Waals surface area contributed by atoms with E-state index >= 15 is 0 Å². The lowest BCUT2D eigenvalue weighted by Crippen LogP contribution is -2.24. The molecule has 46 valence electrons. The van der Waals surface area contributed by atoms with Gasteiger partial charge in [0.2, 0.25) is 0 Å². The first-order valence-electron chi connectivity index (χ1n) is 2.78. The lowest BCUT2D eigenvalue weighted by molar-refractivity contribution is 0.361. The fourth-order valence-electron chi connectivity index (χ4n) is 0.594. The van der Waals surface area contributed by atoms with Gasteiger partial charge in [0, 0.05) is 18.2 Å². The van der Waals surface area contributed by atoms with Crippen LogP contribution in [0.15, 0.2) is 11.6 Å². The Kier molecular flexibility index (Phi) is 2.24. The predicted octanol–water partition coefficient (Wildman–Crippen LogP) is 1.34. The molecule has 0 bridgehead atoms. The van der Waals surface area contributed by atoms with Crippen LogP contribution in [0.3, 0.4) is 0 Å². The molecule has 1 aliphatic rings. The maximum absolute atomic E-state index is 3.10. The molecule has 1 rings (SSSR count). The van der Waals surface area contributed by atoms with E-state index in [2.05, 4.69) is 16.8 Å². The number of nitrogens with zero attached hydrogens (tertiary/aromatic N) is 1. The van der Waals surface area contributed by atoms with Crippen LogP contribution in [-0.4, -0.2) is 11.6 Å². The Morgan fingerprint density at radius 2 is 2.62 bits per heavy atom. The largest absolute Gasteiger partial charge is 0.305 e. The zero-order valence-corrected chi connectivity index (χ0v) is 5.74. The molecule has 2 nitrogen and oxygen atoms in total. The van der Waals surface area contributed by atoms with E-state index in [4.69, 9.17) is 0 Å². The highest BCUT2D eigenvalue weighted by molar-refractivity contribution is 8.00. The molecule has 8 heavy (non-hydrogen) atoms. The second-order valence-corrected chi connectivity index (χ2v) is 2.38. The SMILES string of the molecule is CCCN1C=CSN1. The number of hydrogen-bond donors (Lipinski definition) is 1. The summed E-state index contributed by atoms with van der Waals surface area (Å²) >= 11 is 1.62. The van der Waals surface area contributed by atoms with E-state index in [0.29, 0.717) is 0 Å². The van der Waals surface area contributed by atoms with Crippen LogP contribution in [0.25, 0.3) is 0 Å². The number of hydrazine groups is 1. The van der Waals surface area contributed by atoms with Crippen LogP contribution in [0.5, 0.6) is 0 Å². The van der Waals surface area contributed by atoms with E-state index in [0.717, 1.165) is 6.54 Å². The number of nitrogens with one attached hydrogen (secondary N) is 1. The highest BCUT2D eigenvalue weighted by atomic mass is 32.2. The van der Waals surface area contributed by atoms with Gasteiger partial charge in [-0.1, -0.05) is 6.92 Å². The van der Waals surface area contributed by atoms with Gasteiger partial charge in [-0.2, -0.15) is 4.83 Å². The summed E-state index contributed by atoms with van der Waals surface area (Å²) < 4.78 is 0. The smallest absolute Gasteiger partial charge is 0.0344 e. The standard InChI is InChI=1S/C5H10N2S/c1-2-3-7-4-5-8-6-7/h4-6H,2-3H2,1H3. The van der Waals surface area contributed by atoms with Gasteiger partial charge in [0.1, 0.15) is 0 Å². The number of hydrogen-bond acceptors (Lipinski definition) is 3. The molecule has 0 radical (unpaired) electrons. The molecule has 0 unspecified atom stereocenters.